The molecule has 2 aromatic heterocycles. The number of nitrogens with zero attached hydrogens (tertiary/aromatic N) is 4. The van der Waals surface area contributed by atoms with Gasteiger partial charge in [-0.05, 0) is 63.9 Å². The van der Waals surface area contributed by atoms with Crippen molar-refractivity contribution in [2.45, 2.75) is 52.4 Å². The number of nitrogens with one attached hydrogen (secondary N) is 1. The molecule has 7 heteroatoms. The largest absolute Gasteiger partial charge is 0.351 e. The predicted octanol–water partition coefficient (Wildman–Crippen LogP) is 3.08. The summed E-state index contributed by atoms with van der Waals surface area (Å²) in [6.07, 6.45) is 6.91. The predicted molar refractivity (Wildman–Crippen MR) is 108 cm³/mol. The Morgan fingerprint density at radius 2 is 2.07 bits per heavy atom. The van der Waals surface area contributed by atoms with Gasteiger partial charge in [0.1, 0.15) is 4.88 Å². The van der Waals surface area contributed by atoms with Gasteiger partial charge >= 0.3 is 0 Å². The zero-order chi connectivity index (χ0) is 18.8. The molecule has 1 aliphatic carbocycles. The first-order valence-corrected chi connectivity index (χ1v) is 10.8. The number of carbonyl (C=O) groups is 1. The van der Waals surface area contributed by atoms with Gasteiger partial charge in [-0.3, -0.25) is 4.79 Å². The Labute approximate surface area is 164 Å². The fourth-order valence-electron chi connectivity index (χ4n) is 4.16. The van der Waals surface area contributed by atoms with Crippen molar-refractivity contribution in [3.05, 3.63) is 33.0 Å². The number of carbonyl (C=O) groups excluding carboxylic acids is 1. The first kappa shape index (κ1) is 18.3. The molecule has 1 amide bonds. The van der Waals surface area contributed by atoms with Crippen LogP contribution in [0.15, 0.2) is 5.51 Å². The van der Waals surface area contributed by atoms with Crippen LogP contribution in [0, 0.1) is 19.8 Å². The van der Waals surface area contributed by atoms with Gasteiger partial charge in [-0.1, -0.05) is 0 Å². The lowest BCUT2D eigenvalue weighted by atomic mass is 9.95. The highest BCUT2D eigenvalue weighted by atomic mass is 32.1. The highest BCUT2D eigenvalue weighted by molar-refractivity contribution is 7.11. The number of anilines is 1. The average Bonchev–Trinajstić information content (AvgIpc) is 3.12. The van der Waals surface area contributed by atoms with Gasteiger partial charge in [-0.25, -0.2) is 15.0 Å². The normalized spacial score (nSPS) is 19.6. The fourth-order valence-corrected chi connectivity index (χ4v) is 4.88. The fraction of sp³-hybridized carbons (Fsp3) is 0.600. The zero-order valence-corrected chi connectivity index (χ0v) is 16.9. The van der Waals surface area contributed by atoms with Crippen LogP contribution in [-0.2, 0) is 12.8 Å². The lowest BCUT2D eigenvalue weighted by Crippen LogP contribution is -2.42. The molecule has 2 aliphatic rings. The summed E-state index contributed by atoms with van der Waals surface area (Å²) in [6.45, 7) is 6.59. The molecular weight excluding hydrogens is 358 g/mol. The summed E-state index contributed by atoms with van der Waals surface area (Å²) < 4.78 is 0. The molecule has 1 saturated heterocycles. The van der Waals surface area contributed by atoms with Gasteiger partial charge in [0.25, 0.3) is 5.91 Å². The number of rotatable bonds is 4. The molecule has 1 N–H and O–H groups in total. The van der Waals surface area contributed by atoms with Crippen LogP contribution in [0.4, 0.5) is 5.95 Å². The van der Waals surface area contributed by atoms with E-state index in [1.165, 1.54) is 35.4 Å². The lowest BCUT2D eigenvalue weighted by Gasteiger charge is -2.33. The lowest BCUT2D eigenvalue weighted by molar-refractivity contribution is 0.0949. The van der Waals surface area contributed by atoms with E-state index in [1.54, 1.807) is 5.51 Å². The van der Waals surface area contributed by atoms with E-state index in [1.807, 2.05) is 6.92 Å². The molecule has 27 heavy (non-hydrogen) atoms. The minimum absolute atomic E-state index is 0.00648. The van der Waals surface area contributed by atoms with E-state index in [9.17, 15) is 4.79 Å². The van der Waals surface area contributed by atoms with Crippen molar-refractivity contribution in [3.63, 3.8) is 0 Å². The van der Waals surface area contributed by atoms with Crippen LogP contribution in [0.2, 0.25) is 0 Å². The molecule has 1 fully saturated rings. The number of amides is 1. The molecule has 0 aromatic carbocycles. The number of aromatic nitrogens is 3. The molecule has 1 unspecified atom stereocenters. The Hall–Kier alpha value is -2.02. The third-order valence-corrected chi connectivity index (χ3v) is 6.61. The Morgan fingerprint density at radius 1 is 1.22 bits per heavy atom. The molecule has 0 saturated carbocycles. The van der Waals surface area contributed by atoms with Crippen molar-refractivity contribution in [3.8, 4) is 0 Å². The van der Waals surface area contributed by atoms with E-state index in [4.69, 9.17) is 9.97 Å². The van der Waals surface area contributed by atoms with Crippen molar-refractivity contribution < 1.29 is 4.79 Å². The smallest absolute Gasteiger partial charge is 0.263 e. The molecule has 2 aromatic rings. The SMILES string of the molecule is Cc1ncsc1C(=O)NCC1CCCN(c2nc(C)c3c(n2)CCCC3)C1. The number of thiazole rings is 1. The Bertz CT molecular complexity index is 834. The average molecular weight is 386 g/mol. The van der Waals surface area contributed by atoms with Gasteiger partial charge < -0.3 is 10.2 Å². The van der Waals surface area contributed by atoms with Crippen LogP contribution in [-0.4, -0.2) is 40.5 Å². The number of piperidine rings is 1. The standard InChI is InChI=1S/C20H27N5OS/c1-13-16-7-3-4-8-17(16)24-20(23-13)25-9-5-6-15(11-25)10-21-19(26)18-14(2)22-12-27-18/h12,15H,3-11H2,1-2H3,(H,21,26). The highest BCUT2D eigenvalue weighted by Gasteiger charge is 2.25. The maximum Gasteiger partial charge on any atom is 0.263 e. The summed E-state index contributed by atoms with van der Waals surface area (Å²) in [6, 6.07) is 0. The number of aryl methyl sites for hydroxylation is 3. The monoisotopic (exact) mass is 385 g/mol. The van der Waals surface area contributed by atoms with Crippen LogP contribution >= 0.6 is 11.3 Å². The molecule has 4 rings (SSSR count). The summed E-state index contributed by atoms with van der Waals surface area (Å²) >= 11 is 1.40. The minimum atomic E-state index is -0.00648. The Balaban J connectivity index is 1.40. The van der Waals surface area contributed by atoms with Crippen molar-refractivity contribution in [1.82, 2.24) is 20.3 Å². The van der Waals surface area contributed by atoms with E-state index < -0.39 is 0 Å². The van der Waals surface area contributed by atoms with Crippen LogP contribution in [0.3, 0.4) is 0 Å². The second-order valence-corrected chi connectivity index (χ2v) is 8.53. The molecule has 0 radical (unpaired) electrons. The van der Waals surface area contributed by atoms with E-state index in [0.717, 1.165) is 61.0 Å². The summed E-state index contributed by atoms with van der Waals surface area (Å²) in [4.78, 5) is 29.2. The van der Waals surface area contributed by atoms with E-state index >= 15 is 0 Å². The van der Waals surface area contributed by atoms with Crippen LogP contribution in [0.5, 0.6) is 0 Å². The van der Waals surface area contributed by atoms with Crippen LogP contribution in [0.25, 0.3) is 0 Å². The van der Waals surface area contributed by atoms with Crippen molar-refractivity contribution in [2.75, 3.05) is 24.5 Å². The first-order chi connectivity index (χ1) is 13.1. The first-order valence-electron chi connectivity index (χ1n) is 9.91. The summed E-state index contributed by atoms with van der Waals surface area (Å²) in [5, 5.41) is 3.09. The van der Waals surface area contributed by atoms with Crippen molar-refractivity contribution in [1.29, 1.82) is 0 Å². The molecular formula is C20H27N5OS. The van der Waals surface area contributed by atoms with E-state index in [0.29, 0.717) is 12.5 Å². The van der Waals surface area contributed by atoms with Crippen molar-refractivity contribution >= 4 is 23.2 Å². The Morgan fingerprint density at radius 3 is 2.89 bits per heavy atom. The molecule has 6 nitrogen and oxygen atoms in total. The third-order valence-electron chi connectivity index (χ3n) is 5.68. The number of fused-ring (bicyclic) bond motifs is 1. The van der Waals surface area contributed by atoms with Gasteiger partial charge in [0, 0.05) is 31.0 Å². The van der Waals surface area contributed by atoms with Crippen molar-refractivity contribution in [2.24, 2.45) is 5.92 Å². The van der Waals surface area contributed by atoms with Gasteiger partial charge in [0.2, 0.25) is 5.95 Å². The number of hydrogen-bond acceptors (Lipinski definition) is 6. The van der Waals surface area contributed by atoms with Crippen LogP contribution < -0.4 is 10.2 Å². The summed E-state index contributed by atoms with van der Waals surface area (Å²) in [5.41, 5.74) is 6.29. The highest BCUT2D eigenvalue weighted by Crippen LogP contribution is 2.26. The van der Waals surface area contributed by atoms with Gasteiger partial charge in [-0.15, -0.1) is 11.3 Å². The molecule has 0 spiro atoms. The molecule has 1 atom stereocenters. The van der Waals surface area contributed by atoms with E-state index in [2.05, 4.69) is 22.1 Å². The Kier molecular flexibility index (Phi) is 5.38. The van der Waals surface area contributed by atoms with Crippen LogP contribution in [0.1, 0.15) is 58.0 Å². The molecule has 1 aliphatic heterocycles. The van der Waals surface area contributed by atoms with E-state index in [-0.39, 0.29) is 5.91 Å². The van der Waals surface area contributed by atoms with Gasteiger partial charge in [0.05, 0.1) is 11.2 Å². The number of hydrogen-bond donors (Lipinski definition) is 1. The molecule has 0 bridgehead atoms. The second-order valence-electron chi connectivity index (χ2n) is 7.67. The second kappa shape index (κ2) is 7.92. The molecule has 3 heterocycles. The van der Waals surface area contributed by atoms with Gasteiger partial charge in [-0.2, -0.15) is 0 Å². The molecule has 144 valence electrons. The topological polar surface area (TPSA) is 71.0 Å². The quantitative estimate of drug-likeness (QED) is 0.876. The summed E-state index contributed by atoms with van der Waals surface area (Å²) in [7, 11) is 0. The summed E-state index contributed by atoms with van der Waals surface area (Å²) in [5.74, 6) is 1.30. The van der Waals surface area contributed by atoms with Gasteiger partial charge in [0.15, 0.2) is 0 Å². The zero-order valence-electron chi connectivity index (χ0n) is 16.1. The minimum Gasteiger partial charge on any atom is -0.351 e. The maximum atomic E-state index is 12.3. The maximum absolute atomic E-state index is 12.3. The third kappa shape index (κ3) is 3.98.